The van der Waals surface area contributed by atoms with Gasteiger partial charge in [0.2, 0.25) is 17.8 Å². The van der Waals surface area contributed by atoms with Gasteiger partial charge in [-0.25, -0.2) is 19.2 Å². The number of aromatic nitrogens is 3. The quantitative estimate of drug-likeness (QED) is 0.0205. The third-order valence-corrected chi connectivity index (χ3v) is 8.84. The summed E-state index contributed by atoms with van der Waals surface area (Å²) < 4.78 is 22.0. The maximum Gasteiger partial charge on any atom is 0.345 e. The standard InChI is InChI=1S/C53H67N7O10/c1-32(2)54-42(62)38-24-23-37(27-41(38)61)57-49-59-47(55-35-19-15-33(16-20-35)25-39(43(63)67-28-50(3,4)5)44(64)68-29-51(6,7)8)58-48(60-49)56-36-21-17-34(18-22-36)26-40(45(65)69-30-52(9,10)11)46(66)70-31-53(12,13)14/h15-27,61H,1,28-31H2,2-14H3,(H,54,62)(H3,55,56,57,58,59,60). The van der Waals surface area contributed by atoms with Crippen LogP contribution in [0.5, 0.6) is 5.75 Å². The number of ether oxygens (including phenoxy) is 4. The number of carbonyl (C=O) groups excluding carboxylic acids is 5. The first kappa shape index (κ1) is 55.0. The molecule has 0 bridgehead atoms. The highest BCUT2D eigenvalue weighted by Crippen LogP contribution is 2.27. The second-order valence-corrected chi connectivity index (χ2v) is 21.6. The Kier molecular flexibility index (Phi) is 18.2. The minimum Gasteiger partial charge on any atom is -0.507 e. The zero-order valence-corrected chi connectivity index (χ0v) is 42.5. The van der Waals surface area contributed by atoms with Crippen LogP contribution < -0.4 is 21.3 Å². The zero-order valence-electron chi connectivity index (χ0n) is 42.5. The van der Waals surface area contributed by atoms with Crippen molar-refractivity contribution < 1.29 is 48.0 Å². The molecule has 17 nitrogen and oxygen atoms in total. The number of phenolic OH excluding ortho intramolecular Hbond substituents is 1. The molecule has 0 unspecified atom stereocenters. The Morgan fingerprint density at radius 2 is 0.814 bits per heavy atom. The van der Waals surface area contributed by atoms with Crippen molar-refractivity contribution in [3.63, 3.8) is 0 Å². The number of allylic oxidation sites excluding steroid dienone is 1. The van der Waals surface area contributed by atoms with Gasteiger partial charge in [-0.1, -0.05) is 114 Å². The van der Waals surface area contributed by atoms with Crippen LogP contribution in [0.25, 0.3) is 12.2 Å². The average molecular weight is 962 g/mol. The fraction of sp³-hybridized carbons (Fsp3) is 0.396. The second-order valence-electron chi connectivity index (χ2n) is 21.6. The van der Waals surface area contributed by atoms with E-state index in [4.69, 9.17) is 18.9 Å². The Labute approximate surface area is 410 Å². The SMILES string of the molecule is C=C(C)NC(=O)c1ccc(Nc2nc(Nc3ccc(C=C(C(=O)OCC(C)(C)C)C(=O)OCC(C)(C)C)cc3)nc(Nc3ccc(C=C(C(=O)OCC(C)(C)C)C(=O)OCC(C)(C)C)cc3)n2)cc1O. The predicted molar refractivity (Wildman–Crippen MR) is 271 cm³/mol. The van der Waals surface area contributed by atoms with Gasteiger partial charge < -0.3 is 45.3 Å². The second kappa shape index (κ2) is 23.2. The molecule has 4 aromatic rings. The van der Waals surface area contributed by atoms with Crippen molar-refractivity contribution in [2.24, 2.45) is 21.7 Å². The number of hydrogen-bond acceptors (Lipinski definition) is 16. The van der Waals surface area contributed by atoms with Crippen LogP contribution >= 0.6 is 0 Å². The molecule has 0 saturated heterocycles. The van der Waals surface area contributed by atoms with E-state index < -0.39 is 29.8 Å². The molecule has 5 N–H and O–H groups in total. The molecule has 0 aliphatic heterocycles. The first-order valence-electron chi connectivity index (χ1n) is 22.6. The summed E-state index contributed by atoms with van der Waals surface area (Å²) in [6.07, 6.45) is 2.82. The predicted octanol–water partition coefficient (Wildman–Crippen LogP) is 10.2. The summed E-state index contributed by atoms with van der Waals surface area (Å²) in [4.78, 5) is 79.0. The normalized spacial score (nSPS) is 11.6. The van der Waals surface area contributed by atoms with Crippen molar-refractivity contribution in [3.05, 3.63) is 107 Å². The summed E-state index contributed by atoms with van der Waals surface area (Å²) in [5.41, 5.74) is 0.991. The third kappa shape index (κ3) is 19.2. The summed E-state index contributed by atoms with van der Waals surface area (Å²) in [7, 11) is 0. The van der Waals surface area contributed by atoms with E-state index in [-0.39, 0.29) is 88.4 Å². The van der Waals surface area contributed by atoms with Gasteiger partial charge in [-0.15, -0.1) is 0 Å². The summed E-state index contributed by atoms with van der Waals surface area (Å²) >= 11 is 0. The highest BCUT2D eigenvalue weighted by molar-refractivity contribution is 6.18. The molecule has 0 fully saturated rings. The summed E-state index contributed by atoms with van der Waals surface area (Å²) in [5, 5.41) is 22.6. The molecular formula is C53H67N7O10. The molecule has 3 aromatic carbocycles. The fourth-order valence-electron chi connectivity index (χ4n) is 5.49. The Morgan fingerprint density at radius 3 is 1.10 bits per heavy atom. The van der Waals surface area contributed by atoms with E-state index in [0.29, 0.717) is 33.9 Å². The summed E-state index contributed by atoms with van der Waals surface area (Å²) in [5.74, 6) is -3.86. The summed E-state index contributed by atoms with van der Waals surface area (Å²) in [6.45, 7) is 28.6. The number of benzene rings is 3. The Bertz CT molecular complexity index is 2410. The van der Waals surface area contributed by atoms with Crippen LogP contribution in [-0.2, 0) is 38.1 Å². The van der Waals surface area contributed by atoms with Crippen molar-refractivity contribution in [1.29, 1.82) is 0 Å². The molecule has 0 aliphatic carbocycles. The fourth-order valence-corrected chi connectivity index (χ4v) is 5.49. The maximum atomic E-state index is 13.2. The number of nitrogens with one attached hydrogen (secondary N) is 4. The van der Waals surface area contributed by atoms with Crippen LogP contribution in [0.15, 0.2) is 90.2 Å². The van der Waals surface area contributed by atoms with Crippen LogP contribution in [0.4, 0.5) is 34.9 Å². The molecule has 0 spiro atoms. The van der Waals surface area contributed by atoms with Crippen LogP contribution in [-0.4, -0.2) is 76.3 Å². The smallest absolute Gasteiger partial charge is 0.345 e. The maximum absolute atomic E-state index is 13.2. The van der Waals surface area contributed by atoms with Crippen molar-refractivity contribution in [1.82, 2.24) is 20.3 Å². The highest BCUT2D eigenvalue weighted by atomic mass is 16.6. The number of aromatic hydroxyl groups is 1. The molecule has 1 amide bonds. The van der Waals surface area contributed by atoms with Crippen LogP contribution in [0.2, 0.25) is 0 Å². The minimum atomic E-state index is -0.803. The van der Waals surface area contributed by atoms with Crippen LogP contribution in [0.3, 0.4) is 0 Å². The van der Waals surface area contributed by atoms with E-state index in [1.807, 2.05) is 83.1 Å². The Hall–Kier alpha value is -7.56. The number of phenols is 1. The van der Waals surface area contributed by atoms with E-state index in [1.54, 1.807) is 61.5 Å². The van der Waals surface area contributed by atoms with Gasteiger partial charge in [0.15, 0.2) is 0 Å². The first-order chi connectivity index (χ1) is 32.4. The lowest BCUT2D eigenvalue weighted by atomic mass is 9.98. The van der Waals surface area contributed by atoms with E-state index in [1.165, 1.54) is 24.3 Å². The van der Waals surface area contributed by atoms with Gasteiger partial charge >= 0.3 is 23.9 Å². The average Bonchev–Trinajstić information content (AvgIpc) is 3.24. The molecule has 17 heteroatoms. The Balaban J connectivity index is 1.68. The van der Waals surface area contributed by atoms with Gasteiger partial charge in [0.05, 0.1) is 32.0 Å². The van der Waals surface area contributed by atoms with E-state index in [9.17, 15) is 29.1 Å². The monoisotopic (exact) mass is 961 g/mol. The van der Waals surface area contributed by atoms with Crippen molar-refractivity contribution in [2.45, 2.75) is 90.0 Å². The molecule has 0 aliphatic rings. The van der Waals surface area contributed by atoms with Crippen LogP contribution in [0, 0.1) is 21.7 Å². The van der Waals surface area contributed by atoms with Crippen LogP contribution in [0.1, 0.15) is 111 Å². The molecule has 70 heavy (non-hydrogen) atoms. The van der Waals surface area contributed by atoms with Gasteiger partial charge in [0.1, 0.15) is 16.9 Å². The van der Waals surface area contributed by atoms with E-state index in [2.05, 4.69) is 42.8 Å². The van der Waals surface area contributed by atoms with Gasteiger partial charge in [-0.3, -0.25) is 4.79 Å². The van der Waals surface area contributed by atoms with E-state index in [0.717, 1.165) is 0 Å². The molecule has 1 aromatic heterocycles. The molecule has 0 atom stereocenters. The first-order valence-corrected chi connectivity index (χ1v) is 22.6. The van der Waals surface area contributed by atoms with Crippen molar-refractivity contribution in [3.8, 4) is 5.75 Å². The molecule has 0 radical (unpaired) electrons. The topological polar surface area (TPSA) is 229 Å². The zero-order chi connectivity index (χ0) is 52.2. The minimum absolute atomic E-state index is 0.0249. The van der Waals surface area contributed by atoms with Gasteiger partial charge in [0, 0.05) is 28.8 Å². The third-order valence-electron chi connectivity index (χ3n) is 8.84. The number of nitrogens with zero attached hydrogens (tertiary/aromatic N) is 3. The number of carbonyl (C=O) groups is 5. The molecule has 374 valence electrons. The number of esters is 4. The molecule has 0 saturated carbocycles. The highest BCUT2D eigenvalue weighted by Gasteiger charge is 2.27. The molecule has 1 heterocycles. The van der Waals surface area contributed by atoms with Gasteiger partial charge in [0.25, 0.3) is 5.91 Å². The van der Waals surface area contributed by atoms with Crippen molar-refractivity contribution in [2.75, 3.05) is 42.4 Å². The molecular weight excluding hydrogens is 895 g/mol. The number of anilines is 6. The van der Waals surface area contributed by atoms with Crippen molar-refractivity contribution >= 4 is 76.8 Å². The van der Waals surface area contributed by atoms with Gasteiger partial charge in [-0.2, -0.15) is 15.0 Å². The molecule has 4 rings (SSSR count). The lowest BCUT2D eigenvalue weighted by molar-refractivity contribution is -0.151. The number of hydrogen-bond donors (Lipinski definition) is 5. The largest absolute Gasteiger partial charge is 0.507 e. The lowest BCUT2D eigenvalue weighted by Gasteiger charge is -2.20. The number of amides is 1. The number of rotatable bonds is 18. The lowest BCUT2D eigenvalue weighted by Crippen LogP contribution is -2.25. The Morgan fingerprint density at radius 1 is 0.514 bits per heavy atom. The van der Waals surface area contributed by atoms with Gasteiger partial charge in [-0.05, 0) is 88.3 Å². The van der Waals surface area contributed by atoms with E-state index >= 15 is 0 Å². The summed E-state index contributed by atoms with van der Waals surface area (Å²) in [6, 6.07) is 17.8.